The molecule has 0 saturated heterocycles. The molecule has 0 radical (unpaired) electrons. The average Bonchev–Trinajstić information content (AvgIpc) is 2.76. The Hall–Kier alpha value is -3.32. The Morgan fingerprint density at radius 2 is 1.47 bits per heavy atom. The molecule has 3 aromatic carbocycles. The first-order valence-corrected chi connectivity index (χ1v) is 12.5. The van der Waals surface area contributed by atoms with Crippen molar-refractivity contribution in [3.05, 3.63) is 81.9 Å². The average molecular weight is 481 g/mol. The zero-order valence-corrected chi connectivity index (χ0v) is 21.6. The lowest BCUT2D eigenvalue weighted by Gasteiger charge is -2.26. The van der Waals surface area contributed by atoms with Gasteiger partial charge in [0.25, 0.3) is 10.0 Å². The van der Waals surface area contributed by atoms with Crippen LogP contribution in [0.2, 0.25) is 0 Å². The van der Waals surface area contributed by atoms with Gasteiger partial charge in [-0.05, 0) is 93.6 Å². The molecule has 3 rings (SSSR count). The third-order valence-electron chi connectivity index (χ3n) is 5.89. The molecule has 0 saturated carbocycles. The first kappa shape index (κ1) is 25.3. The maximum atomic E-state index is 13.9. The Labute approximate surface area is 202 Å². The molecule has 0 unspecified atom stereocenters. The lowest BCUT2D eigenvalue weighted by molar-refractivity contribution is -0.114. The number of nitrogens with zero attached hydrogens (tertiary/aromatic N) is 1. The summed E-state index contributed by atoms with van der Waals surface area (Å²) in [5, 5.41) is 2.92. The zero-order chi connectivity index (χ0) is 25.2. The van der Waals surface area contributed by atoms with Crippen molar-refractivity contribution in [2.24, 2.45) is 0 Å². The van der Waals surface area contributed by atoms with Crippen LogP contribution in [-0.4, -0.2) is 28.0 Å². The number of carbonyl (C=O) groups is 1. The summed E-state index contributed by atoms with van der Waals surface area (Å²) in [4.78, 5) is 13.2. The molecule has 0 bridgehead atoms. The summed E-state index contributed by atoms with van der Waals surface area (Å²) in [7, 11) is -2.69. The number of nitrogens with one attached hydrogen (secondary N) is 1. The molecular weight excluding hydrogens is 448 g/mol. The van der Waals surface area contributed by atoms with E-state index in [0.29, 0.717) is 11.4 Å². The number of anilines is 2. The first-order valence-electron chi connectivity index (χ1n) is 11.1. The largest absolute Gasteiger partial charge is 0.495 e. The Bertz CT molecular complexity index is 1320. The number of rotatable bonds is 7. The number of hydrogen-bond donors (Lipinski definition) is 1. The fourth-order valence-corrected chi connectivity index (χ4v) is 5.64. The van der Waals surface area contributed by atoms with E-state index in [1.54, 1.807) is 30.3 Å². The Balaban J connectivity index is 2.07. The Morgan fingerprint density at radius 1 is 0.824 bits per heavy atom. The van der Waals surface area contributed by atoms with Gasteiger partial charge in [-0.1, -0.05) is 29.8 Å². The fourth-order valence-electron chi connectivity index (χ4n) is 3.99. The molecule has 6 nitrogen and oxygen atoms in total. The molecule has 1 amide bonds. The lowest BCUT2D eigenvalue weighted by Crippen LogP contribution is -2.38. The third-order valence-corrected chi connectivity index (χ3v) is 7.69. The van der Waals surface area contributed by atoms with Gasteiger partial charge in [-0.15, -0.1) is 0 Å². The van der Waals surface area contributed by atoms with Crippen molar-refractivity contribution in [3.8, 4) is 5.75 Å². The van der Waals surface area contributed by atoms with Crippen molar-refractivity contribution in [3.63, 3.8) is 0 Å². The predicted molar refractivity (Wildman–Crippen MR) is 137 cm³/mol. The van der Waals surface area contributed by atoms with Crippen molar-refractivity contribution in [1.82, 2.24) is 0 Å². The van der Waals surface area contributed by atoms with Crippen LogP contribution in [0.25, 0.3) is 0 Å². The number of sulfonamides is 1. The van der Waals surface area contributed by atoms with Crippen LogP contribution >= 0.6 is 0 Å². The standard InChI is InChI=1S/C27H32N2O4S/c1-17-8-11-24(33-7)25(14-17)34(31,32)29(23-10-9-19(3)20(4)15-23)16-26(30)28-27-21(5)12-18(2)13-22(27)6/h8-15H,16H2,1-7H3,(H,28,30). The molecule has 0 fully saturated rings. The van der Waals surface area contributed by atoms with Crippen LogP contribution in [0, 0.1) is 41.5 Å². The van der Waals surface area contributed by atoms with Gasteiger partial charge in [-0.2, -0.15) is 0 Å². The van der Waals surface area contributed by atoms with E-state index >= 15 is 0 Å². The summed E-state index contributed by atoms with van der Waals surface area (Å²) in [6.07, 6.45) is 0. The molecule has 7 heteroatoms. The molecule has 0 aromatic heterocycles. The topological polar surface area (TPSA) is 75.7 Å². The lowest BCUT2D eigenvalue weighted by atomic mass is 10.1. The smallest absolute Gasteiger partial charge is 0.268 e. The highest BCUT2D eigenvalue weighted by Crippen LogP contribution is 2.32. The van der Waals surface area contributed by atoms with Crippen LogP contribution in [0.1, 0.15) is 33.4 Å². The molecule has 3 aromatic rings. The zero-order valence-electron chi connectivity index (χ0n) is 20.8. The molecule has 0 heterocycles. The maximum absolute atomic E-state index is 13.9. The third kappa shape index (κ3) is 5.25. The molecule has 0 spiro atoms. The summed E-state index contributed by atoms with van der Waals surface area (Å²) < 4.78 is 34.3. The van der Waals surface area contributed by atoms with E-state index in [0.717, 1.165) is 37.7 Å². The number of benzene rings is 3. The highest BCUT2D eigenvalue weighted by molar-refractivity contribution is 7.93. The minimum Gasteiger partial charge on any atom is -0.495 e. The highest BCUT2D eigenvalue weighted by Gasteiger charge is 2.30. The molecule has 0 atom stereocenters. The second kappa shape index (κ2) is 9.89. The molecule has 34 heavy (non-hydrogen) atoms. The van der Waals surface area contributed by atoms with Gasteiger partial charge in [0.05, 0.1) is 12.8 Å². The van der Waals surface area contributed by atoms with Gasteiger partial charge < -0.3 is 10.1 Å². The molecule has 0 aliphatic heterocycles. The van der Waals surface area contributed by atoms with Crippen molar-refractivity contribution < 1.29 is 17.9 Å². The van der Waals surface area contributed by atoms with Gasteiger partial charge in [0, 0.05) is 5.69 Å². The van der Waals surface area contributed by atoms with E-state index in [1.165, 1.54) is 7.11 Å². The van der Waals surface area contributed by atoms with Crippen LogP contribution in [0.5, 0.6) is 5.75 Å². The number of methoxy groups -OCH3 is 1. The van der Waals surface area contributed by atoms with Gasteiger partial charge in [0.1, 0.15) is 17.2 Å². The summed E-state index contributed by atoms with van der Waals surface area (Å²) in [6, 6.07) is 14.3. The maximum Gasteiger partial charge on any atom is 0.268 e. The second-order valence-corrected chi connectivity index (χ2v) is 10.6. The summed E-state index contributed by atoms with van der Waals surface area (Å²) >= 11 is 0. The van der Waals surface area contributed by atoms with E-state index in [1.807, 2.05) is 59.7 Å². The number of aryl methyl sites for hydroxylation is 6. The number of hydrogen-bond acceptors (Lipinski definition) is 4. The number of amides is 1. The Kier molecular flexibility index (Phi) is 7.36. The van der Waals surface area contributed by atoms with Crippen LogP contribution in [0.4, 0.5) is 11.4 Å². The second-order valence-electron chi connectivity index (χ2n) is 8.76. The highest BCUT2D eigenvalue weighted by atomic mass is 32.2. The molecule has 1 N–H and O–H groups in total. The minimum absolute atomic E-state index is 0.0173. The van der Waals surface area contributed by atoms with E-state index in [9.17, 15) is 13.2 Å². The van der Waals surface area contributed by atoms with Gasteiger partial charge in [0.15, 0.2) is 0 Å². The fraction of sp³-hybridized carbons (Fsp3) is 0.296. The Morgan fingerprint density at radius 3 is 2.06 bits per heavy atom. The van der Waals surface area contributed by atoms with Crippen LogP contribution in [0.3, 0.4) is 0 Å². The SMILES string of the molecule is COc1ccc(C)cc1S(=O)(=O)N(CC(=O)Nc1c(C)cc(C)cc1C)c1ccc(C)c(C)c1. The van der Waals surface area contributed by atoms with Crippen LogP contribution in [-0.2, 0) is 14.8 Å². The normalized spacial score (nSPS) is 11.3. The van der Waals surface area contributed by atoms with Crippen LogP contribution in [0.15, 0.2) is 53.4 Å². The van der Waals surface area contributed by atoms with Crippen molar-refractivity contribution in [2.75, 3.05) is 23.3 Å². The summed E-state index contributed by atoms with van der Waals surface area (Å²) in [5.74, 6) is -0.200. The summed E-state index contributed by atoms with van der Waals surface area (Å²) in [5.41, 5.74) is 6.79. The number of carbonyl (C=O) groups excluding carboxylic acids is 1. The van der Waals surface area contributed by atoms with Gasteiger partial charge in [0.2, 0.25) is 5.91 Å². The van der Waals surface area contributed by atoms with Gasteiger partial charge >= 0.3 is 0 Å². The predicted octanol–water partition coefficient (Wildman–Crippen LogP) is 5.38. The van der Waals surface area contributed by atoms with Crippen molar-refractivity contribution in [2.45, 2.75) is 46.4 Å². The van der Waals surface area contributed by atoms with E-state index < -0.39 is 15.9 Å². The molecule has 0 aliphatic carbocycles. The van der Waals surface area contributed by atoms with Gasteiger partial charge in [-0.25, -0.2) is 8.42 Å². The summed E-state index contributed by atoms with van der Waals surface area (Å²) in [6.45, 7) is 11.1. The first-order chi connectivity index (χ1) is 15.9. The van der Waals surface area contributed by atoms with E-state index in [4.69, 9.17) is 4.74 Å². The molecule has 0 aliphatic rings. The molecular formula is C27H32N2O4S. The monoisotopic (exact) mass is 480 g/mol. The van der Waals surface area contributed by atoms with Crippen molar-refractivity contribution in [1.29, 1.82) is 0 Å². The number of ether oxygens (including phenoxy) is 1. The molecule has 180 valence electrons. The van der Waals surface area contributed by atoms with E-state index in [2.05, 4.69) is 5.32 Å². The van der Waals surface area contributed by atoms with Gasteiger partial charge in [-0.3, -0.25) is 9.10 Å². The minimum atomic E-state index is -4.12. The van der Waals surface area contributed by atoms with E-state index in [-0.39, 0.29) is 17.2 Å². The van der Waals surface area contributed by atoms with Crippen LogP contribution < -0.4 is 14.4 Å². The van der Waals surface area contributed by atoms with Crippen molar-refractivity contribution >= 4 is 27.3 Å². The quantitative estimate of drug-likeness (QED) is 0.493.